The van der Waals surface area contributed by atoms with Crippen molar-refractivity contribution in [3.8, 4) is 0 Å². The first-order valence-electron chi connectivity index (χ1n) is 12.3. The van der Waals surface area contributed by atoms with E-state index in [1.54, 1.807) is 12.3 Å². The van der Waals surface area contributed by atoms with Crippen molar-refractivity contribution in [3.63, 3.8) is 0 Å². The van der Waals surface area contributed by atoms with Crippen LogP contribution in [0.5, 0.6) is 0 Å². The zero-order valence-electron chi connectivity index (χ0n) is 20.3. The summed E-state index contributed by atoms with van der Waals surface area (Å²) in [4.78, 5) is 43.6. The molecule has 3 aliphatic rings. The number of hydrogen-bond donors (Lipinski definition) is 3. The lowest BCUT2D eigenvalue weighted by atomic mass is 9.95. The Morgan fingerprint density at radius 2 is 2.00 bits per heavy atom. The van der Waals surface area contributed by atoms with Crippen molar-refractivity contribution in [1.29, 1.82) is 0 Å². The second-order valence-electron chi connectivity index (χ2n) is 9.34. The van der Waals surface area contributed by atoms with Crippen molar-refractivity contribution in [2.75, 3.05) is 11.9 Å². The summed E-state index contributed by atoms with van der Waals surface area (Å²) in [5.41, 5.74) is 5.43. The molecule has 1 unspecified atom stereocenters. The van der Waals surface area contributed by atoms with Gasteiger partial charge in [-0.3, -0.25) is 9.59 Å². The van der Waals surface area contributed by atoms with Crippen molar-refractivity contribution in [3.05, 3.63) is 105 Å². The molecule has 1 aliphatic carbocycles. The van der Waals surface area contributed by atoms with Gasteiger partial charge in [-0.25, -0.2) is 9.78 Å². The molecule has 9 heteroatoms. The predicted molar refractivity (Wildman–Crippen MR) is 145 cm³/mol. The number of aromatic carboxylic acids is 1. The molecule has 2 amide bonds. The molecule has 8 nitrogen and oxygen atoms in total. The molecule has 3 N–H and O–H groups in total. The van der Waals surface area contributed by atoms with Crippen LogP contribution >= 0.6 is 11.3 Å². The van der Waals surface area contributed by atoms with Gasteiger partial charge in [-0.05, 0) is 42.2 Å². The van der Waals surface area contributed by atoms with Crippen LogP contribution in [-0.4, -0.2) is 45.4 Å². The van der Waals surface area contributed by atoms with Crippen LogP contribution in [0.25, 0.3) is 11.3 Å². The minimum Gasteiger partial charge on any atom is -0.478 e. The highest BCUT2D eigenvalue weighted by Gasteiger charge is 2.32. The lowest BCUT2D eigenvalue weighted by Crippen LogP contribution is -2.32. The highest BCUT2D eigenvalue weighted by molar-refractivity contribution is 7.09. The smallest absolute Gasteiger partial charge is 0.335 e. The van der Waals surface area contributed by atoms with Crippen molar-refractivity contribution in [2.24, 2.45) is 0 Å². The summed E-state index contributed by atoms with van der Waals surface area (Å²) in [6.07, 6.45) is 7.57. The Bertz CT molecular complexity index is 1540. The average Bonchev–Trinajstić information content (AvgIpc) is 3.65. The van der Waals surface area contributed by atoms with E-state index in [1.165, 1.54) is 29.0 Å². The van der Waals surface area contributed by atoms with Crippen molar-refractivity contribution in [1.82, 2.24) is 15.2 Å². The van der Waals surface area contributed by atoms with Crippen LogP contribution < -0.4 is 10.6 Å². The summed E-state index contributed by atoms with van der Waals surface area (Å²) < 4.78 is 0. The summed E-state index contributed by atoms with van der Waals surface area (Å²) in [7, 11) is 0. The number of anilines is 1. The first kappa shape index (κ1) is 23.9. The Balaban J connectivity index is 1.29. The van der Waals surface area contributed by atoms with Crippen LogP contribution in [0.4, 0.5) is 5.69 Å². The number of carbonyl (C=O) groups excluding carboxylic acids is 2. The monoisotopic (exact) mass is 524 g/mol. The number of fused-ring (bicyclic) bond motifs is 1. The van der Waals surface area contributed by atoms with E-state index in [9.17, 15) is 19.5 Å². The fourth-order valence-electron chi connectivity index (χ4n) is 5.21. The molecule has 6 rings (SSSR count). The van der Waals surface area contributed by atoms with Gasteiger partial charge in [-0.1, -0.05) is 42.5 Å². The zero-order valence-corrected chi connectivity index (χ0v) is 21.1. The van der Waals surface area contributed by atoms with E-state index in [-0.39, 0.29) is 23.4 Å². The molecule has 0 saturated carbocycles. The summed E-state index contributed by atoms with van der Waals surface area (Å²) in [5, 5.41) is 18.5. The molecule has 2 aromatic carbocycles. The molecule has 2 aliphatic heterocycles. The van der Waals surface area contributed by atoms with E-state index in [0.29, 0.717) is 41.9 Å². The second kappa shape index (κ2) is 9.75. The van der Waals surface area contributed by atoms with Gasteiger partial charge in [0, 0.05) is 35.4 Å². The van der Waals surface area contributed by atoms with Gasteiger partial charge < -0.3 is 20.6 Å². The first-order valence-corrected chi connectivity index (χ1v) is 13.2. The van der Waals surface area contributed by atoms with Crippen LogP contribution in [0.1, 0.15) is 39.3 Å². The summed E-state index contributed by atoms with van der Waals surface area (Å²) in [6, 6.07) is 14.2. The van der Waals surface area contributed by atoms with Crippen molar-refractivity contribution in [2.45, 2.75) is 25.3 Å². The minimum absolute atomic E-state index is 0.0491. The number of aromatic nitrogens is 1. The standard InChI is InChI=1S/C29H24N4O4S/c34-25(16-24-30-11-13-38-24)33-12-10-18-14-20(7-9-23(18)33)31-27(17-4-2-1-3-5-17)26-21-8-6-19(29(36)37)15-22(21)32-28(26)35/h1-9,11,13,15,20,31H,10,12,14,16H2,(H,32,35)(H,36,37)/b27-26-. The normalized spacial score (nSPS) is 19.2. The number of nitrogens with one attached hydrogen (secondary N) is 2. The molecule has 1 aromatic heterocycles. The highest BCUT2D eigenvalue weighted by atomic mass is 32.1. The molecule has 0 saturated heterocycles. The van der Waals surface area contributed by atoms with Gasteiger partial charge in [0.05, 0.1) is 28.9 Å². The Morgan fingerprint density at radius 1 is 1.16 bits per heavy atom. The van der Waals surface area contributed by atoms with E-state index in [2.05, 4.69) is 15.6 Å². The van der Waals surface area contributed by atoms with Gasteiger partial charge in [-0.15, -0.1) is 11.3 Å². The third kappa shape index (κ3) is 4.41. The van der Waals surface area contributed by atoms with Crippen molar-refractivity contribution < 1.29 is 19.5 Å². The van der Waals surface area contributed by atoms with Crippen LogP contribution in [0.2, 0.25) is 0 Å². The molecule has 3 aromatic rings. The van der Waals surface area contributed by atoms with E-state index in [1.807, 2.05) is 52.8 Å². The van der Waals surface area contributed by atoms with E-state index in [4.69, 9.17) is 0 Å². The largest absolute Gasteiger partial charge is 0.478 e. The summed E-state index contributed by atoms with van der Waals surface area (Å²) in [6.45, 7) is 0.653. The number of nitrogens with zero attached hydrogens (tertiary/aromatic N) is 2. The maximum absolute atomic E-state index is 13.2. The number of hydrogen-bond acceptors (Lipinski definition) is 6. The van der Waals surface area contributed by atoms with Gasteiger partial charge in [-0.2, -0.15) is 0 Å². The maximum atomic E-state index is 13.2. The Morgan fingerprint density at radius 3 is 2.76 bits per heavy atom. The van der Waals surface area contributed by atoms with Crippen LogP contribution in [0, 0.1) is 0 Å². The number of rotatable bonds is 6. The third-order valence-electron chi connectivity index (χ3n) is 6.98. The fraction of sp³-hybridized carbons (Fsp3) is 0.172. The van der Waals surface area contributed by atoms with Gasteiger partial charge in [0.2, 0.25) is 5.91 Å². The third-order valence-corrected chi connectivity index (χ3v) is 7.76. The molecular weight excluding hydrogens is 500 g/mol. The number of thiazole rings is 1. The van der Waals surface area contributed by atoms with E-state index >= 15 is 0 Å². The van der Waals surface area contributed by atoms with Crippen LogP contribution in [0.15, 0.2) is 83.5 Å². The van der Waals surface area contributed by atoms with Crippen LogP contribution in [0.3, 0.4) is 0 Å². The molecule has 190 valence electrons. The lowest BCUT2D eigenvalue weighted by molar-refractivity contribution is -0.128. The SMILES string of the molecule is O=C1Nc2cc(C(=O)O)ccc2/C1=C(/NC1C=CC2=C(CCN2C(=O)Cc2nccs2)C1)c1ccccc1. The molecular formula is C29H24N4O4S. The molecule has 0 radical (unpaired) electrons. The Kier molecular flexibility index (Phi) is 6.13. The molecule has 1 atom stereocenters. The first-order chi connectivity index (χ1) is 18.5. The van der Waals surface area contributed by atoms with Gasteiger partial charge in [0.15, 0.2) is 0 Å². The van der Waals surface area contributed by atoms with Crippen molar-refractivity contribution >= 4 is 46.1 Å². The number of carbonyl (C=O) groups is 3. The average molecular weight is 525 g/mol. The highest BCUT2D eigenvalue weighted by Crippen LogP contribution is 2.38. The zero-order chi connectivity index (χ0) is 26.2. The fourth-order valence-corrected chi connectivity index (χ4v) is 5.82. The van der Waals surface area contributed by atoms with E-state index < -0.39 is 5.97 Å². The number of benzene rings is 2. The molecule has 0 spiro atoms. The van der Waals surface area contributed by atoms with Gasteiger partial charge in [0.1, 0.15) is 5.01 Å². The quantitative estimate of drug-likeness (QED) is 0.415. The predicted octanol–water partition coefficient (Wildman–Crippen LogP) is 4.31. The number of allylic oxidation sites excluding steroid dienone is 1. The van der Waals surface area contributed by atoms with Gasteiger partial charge >= 0.3 is 5.97 Å². The Hall–Kier alpha value is -4.50. The lowest BCUT2D eigenvalue weighted by Gasteiger charge is -2.26. The maximum Gasteiger partial charge on any atom is 0.335 e. The topological polar surface area (TPSA) is 112 Å². The minimum atomic E-state index is -1.05. The summed E-state index contributed by atoms with van der Waals surface area (Å²) >= 11 is 1.48. The molecule has 0 fully saturated rings. The number of carboxylic acids is 1. The molecule has 38 heavy (non-hydrogen) atoms. The summed E-state index contributed by atoms with van der Waals surface area (Å²) in [5.74, 6) is -1.28. The molecule has 0 bridgehead atoms. The van der Waals surface area contributed by atoms with E-state index in [0.717, 1.165) is 22.7 Å². The number of carboxylic acid groups (broad SMARTS) is 1. The Labute approximate surface area is 223 Å². The molecule has 3 heterocycles. The van der Waals surface area contributed by atoms with Crippen LogP contribution in [-0.2, 0) is 16.0 Å². The second-order valence-corrected chi connectivity index (χ2v) is 10.3. The number of amides is 2. The van der Waals surface area contributed by atoms with Gasteiger partial charge in [0.25, 0.3) is 5.91 Å².